The monoisotopic (exact) mass is 230 g/mol. The topological polar surface area (TPSA) is 20.3 Å². The fraction of sp³-hybridized carbons (Fsp3) is 0.833. The summed E-state index contributed by atoms with van der Waals surface area (Å²) in [5.41, 5.74) is 0. The number of halogens is 2. The van der Waals surface area contributed by atoms with Crippen molar-refractivity contribution in [1.29, 1.82) is 0 Å². The number of nitrogens with zero attached hydrogens (tertiary/aromatic N) is 1. The van der Waals surface area contributed by atoms with Gasteiger partial charge in [-0.2, -0.15) is 0 Å². The Hall–Kier alpha value is -0.670. The lowest BCUT2D eigenvalue weighted by atomic mass is 9.88. The van der Waals surface area contributed by atoms with Crippen molar-refractivity contribution in [1.82, 2.24) is 4.90 Å². The van der Waals surface area contributed by atoms with Crippen LogP contribution in [0.5, 0.6) is 0 Å². The standard InChI is InChI=1S/C12H18F2NO/c13-12(14)6-8-15(9-7-12)11(16)10-4-2-1-3-5-10/h1,10H,2-9H2. The van der Waals surface area contributed by atoms with Crippen LogP contribution in [0.2, 0.25) is 0 Å². The molecule has 0 spiro atoms. The minimum Gasteiger partial charge on any atom is -0.342 e. The van der Waals surface area contributed by atoms with E-state index in [4.69, 9.17) is 0 Å². The van der Waals surface area contributed by atoms with Gasteiger partial charge in [-0.3, -0.25) is 4.79 Å². The van der Waals surface area contributed by atoms with Gasteiger partial charge in [0.2, 0.25) is 5.91 Å². The lowest BCUT2D eigenvalue weighted by molar-refractivity contribution is -0.142. The fourth-order valence-electron chi connectivity index (χ4n) is 2.49. The first-order chi connectivity index (χ1) is 7.58. The molecular weight excluding hydrogens is 212 g/mol. The van der Waals surface area contributed by atoms with Crippen LogP contribution in [0, 0.1) is 12.3 Å². The third-order valence-electron chi connectivity index (χ3n) is 3.59. The molecule has 0 N–H and O–H groups in total. The van der Waals surface area contributed by atoms with E-state index in [-0.39, 0.29) is 37.8 Å². The molecule has 0 atom stereocenters. The lowest BCUT2D eigenvalue weighted by Gasteiger charge is -2.35. The van der Waals surface area contributed by atoms with Gasteiger partial charge in [-0.15, -0.1) is 0 Å². The molecule has 2 fully saturated rings. The van der Waals surface area contributed by atoms with E-state index in [1.165, 1.54) is 0 Å². The van der Waals surface area contributed by atoms with Crippen molar-refractivity contribution < 1.29 is 13.6 Å². The number of hydrogen-bond acceptors (Lipinski definition) is 1. The molecule has 16 heavy (non-hydrogen) atoms. The maximum atomic E-state index is 12.9. The number of piperidine rings is 1. The minimum atomic E-state index is -2.56. The van der Waals surface area contributed by atoms with Crippen LogP contribution in [-0.2, 0) is 4.79 Å². The third-order valence-corrected chi connectivity index (χ3v) is 3.59. The molecular formula is C12H18F2NO. The normalized spacial score (nSPS) is 26.8. The molecule has 0 unspecified atom stereocenters. The Balaban J connectivity index is 1.86. The predicted molar refractivity (Wildman–Crippen MR) is 57.0 cm³/mol. The zero-order valence-corrected chi connectivity index (χ0v) is 9.42. The van der Waals surface area contributed by atoms with Gasteiger partial charge in [0.05, 0.1) is 0 Å². The van der Waals surface area contributed by atoms with E-state index < -0.39 is 5.92 Å². The summed E-state index contributed by atoms with van der Waals surface area (Å²) in [7, 11) is 0. The summed E-state index contributed by atoms with van der Waals surface area (Å²) < 4.78 is 25.9. The minimum absolute atomic E-state index is 0.0803. The molecule has 91 valence electrons. The molecule has 1 saturated heterocycles. The Bertz CT molecular complexity index is 252. The second-order valence-electron chi connectivity index (χ2n) is 4.82. The highest BCUT2D eigenvalue weighted by atomic mass is 19.3. The molecule has 2 aliphatic rings. The second-order valence-corrected chi connectivity index (χ2v) is 4.82. The first-order valence-corrected chi connectivity index (χ1v) is 6.07. The number of carbonyl (C=O) groups is 1. The Morgan fingerprint density at radius 1 is 1.19 bits per heavy atom. The predicted octanol–water partition coefficient (Wildman–Crippen LogP) is 2.64. The van der Waals surface area contributed by atoms with Gasteiger partial charge >= 0.3 is 0 Å². The van der Waals surface area contributed by atoms with Crippen molar-refractivity contribution >= 4 is 5.91 Å². The van der Waals surface area contributed by atoms with Crippen molar-refractivity contribution in [3.63, 3.8) is 0 Å². The highest BCUT2D eigenvalue weighted by Crippen LogP contribution is 2.30. The molecule has 1 heterocycles. The third kappa shape index (κ3) is 2.71. The van der Waals surface area contributed by atoms with Crippen LogP contribution in [-0.4, -0.2) is 29.8 Å². The lowest BCUT2D eigenvalue weighted by Crippen LogP contribution is -2.45. The maximum absolute atomic E-state index is 12.9. The van der Waals surface area contributed by atoms with Crippen LogP contribution in [0.15, 0.2) is 0 Å². The van der Waals surface area contributed by atoms with Crippen LogP contribution in [0.3, 0.4) is 0 Å². The molecule has 0 aromatic rings. The molecule has 1 radical (unpaired) electrons. The quantitative estimate of drug-likeness (QED) is 0.678. The maximum Gasteiger partial charge on any atom is 0.251 e. The summed E-state index contributed by atoms with van der Waals surface area (Å²) in [6, 6.07) is 0. The summed E-state index contributed by atoms with van der Waals surface area (Å²) in [6.07, 6.45) is 5.63. The summed E-state index contributed by atoms with van der Waals surface area (Å²) in [6.45, 7) is 0.456. The molecule has 1 aliphatic carbocycles. The first-order valence-electron chi connectivity index (χ1n) is 6.07. The van der Waals surface area contributed by atoms with Crippen LogP contribution in [0.25, 0.3) is 0 Å². The smallest absolute Gasteiger partial charge is 0.251 e. The molecule has 1 amide bonds. The summed E-state index contributed by atoms with van der Waals surface area (Å²) in [4.78, 5) is 13.7. The summed E-state index contributed by atoms with van der Waals surface area (Å²) in [5.74, 6) is -2.38. The molecule has 0 aromatic heterocycles. The Labute approximate surface area is 95.0 Å². The highest BCUT2D eigenvalue weighted by Gasteiger charge is 2.37. The average Bonchev–Trinajstić information content (AvgIpc) is 2.29. The van der Waals surface area contributed by atoms with Crippen LogP contribution < -0.4 is 0 Å². The van der Waals surface area contributed by atoms with E-state index in [2.05, 4.69) is 6.42 Å². The zero-order chi connectivity index (χ0) is 11.6. The van der Waals surface area contributed by atoms with E-state index in [1.807, 2.05) is 0 Å². The van der Waals surface area contributed by atoms with Gasteiger partial charge in [-0.1, -0.05) is 0 Å². The zero-order valence-electron chi connectivity index (χ0n) is 9.42. The Kier molecular flexibility index (Phi) is 3.45. The number of hydrogen-bond donors (Lipinski definition) is 0. The van der Waals surface area contributed by atoms with E-state index >= 15 is 0 Å². The molecule has 0 aromatic carbocycles. The van der Waals surface area contributed by atoms with E-state index in [0.717, 1.165) is 25.7 Å². The Morgan fingerprint density at radius 2 is 1.75 bits per heavy atom. The summed E-state index contributed by atoms with van der Waals surface area (Å²) >= 11 is 0. The van der Waals surface area contributed by atoms with Crippen molar-refractivity contribution in [2.24, 2.45) is 5.92 Å². The molecule has 1 aliphatic heterocycles. The number of alkyl halides is 2. The SMILES string of the molecule is O=C(C1CC[CH]CC1)N1CCC(F)(F)CC1. The fourth-order valence-corrected chi connectivity index (χ4v) is 2.49. The molecule has 2 rings (SSSR count). The van der Waals surface area contributed by atoms with E-state index in [0.29, 0.717) is 0 Å². The van der Waals surface area contributed by atoms with Crippen molar-refractivity contribution in [3.8, 4) is 0 Å². The van der Waals surface area contributed by atoms with Crippen molar-refractivity contribution in [3.05, 3.63) is 6.42 Å². The van der Waals surface area contributed by atoms with Gasteiger partial charge in [0, 0.05) is 31.8 Å². The van der Waals surface area contributed by atoms with Gasteiger partial charge in [0.15, 0.2) is 0 Å². The Morgan fingerprint density at radius 3 is 2.31 bits per heavy atom. The van der Waals surface area contributed by atoms with Crippen LogP contribution in [0.1, 0.15) is 38.5 Å². The van der Waals surface area contributed by atoms with Crippen LogP contribution >= 0.6 is 0 Å². The number of amides is 1. The molecule has 0 bridgehead atoms. The number of likely N-dealkylation sites (tertiary alicyclic amines) is 1. The van der Waals surface area contributed by atoms with E-state index in [1.54, 1.807) is 4.90 Å². The average molecular weight is 230 g/mol. The van der Waals surface area contributed by atoms with Gasteiger partial charge in [-0.05, 0) is 32.1 Å². The van der Waals surface area contributed by atoms with Gasteiger partial charge in [0.1, 0.15) is 0 Å². The molecule has 1 saturated carbocycles. The van der Waals surface area contributed by atoms with Gasteiger partial charge in [0.25, 0.3) is 5.92 Å². The molecule has 2 nitrogen and oxygen atoms in total. The van der Waals surface area contributed by atoms with Crippen molar-refractivity contribution in [2.75, 3.05) is 13.1 Å². The van der Waals surface area contributed by atoms with Gasteiger partial charge in [-0.25, -0.2) is 8.78 Å². The van der Waals surface area contributed by atoms with Crippen molar-refractivity contribution in [2.45, 2.75) is 44.4 Å². The highest BCUT2D eigenvalue weighted by molar-refractivity contribution is 5.79. The second kappa shape index (κ2) is 4.68. The summed E-state index contributed by atoms with van der Waals surface area (Å²) in [5, 5.41) is 0. The van der Waals surface area contributed by atoms with E-state index in [9.17, 15) is 13.6 Å². The number of rotatable bonds is 1. The largest absolute Gasteiger partial charge is 0.342 e. The first kappa shape index (κ1) is 11.8. The van der Waals surface area contributed by atoms with Crippen LogP contribution in [0.4, 0.5) is 8.78 Å². The molecule has 4 heteroatoms. The number of carbonyl (C=O) groups excluding carboxylic acids is 1. The van der Waals surface area contributed by atoms with Gasteiger partial charge < -0.3 is 4.90 Å².